The second-order valence-corrected chi connectivity index (χ2v) is 4.36. The molecular weight excluding hydrogens is 361 g/mol. The molecule has 0 aliphatic rings. The molecule has 0 heterocycles. The largest absolute Gasteiger partial charge is 0.370 e. The van der Waals surface area contributed by atoms with Gasteiger partial charge in [0.05, 0.1) is 0 Å². The molecule has 0 aliphatic heterocycles. The zero-order chi connectivity index (χ0) is 12.5. The highest BCUT2D eigenvalue weighted by atomic mass is 127. The molecular formula is C13H21ClIN3. The number of hydrogen-bond donors (Lipinski definition) is 2. The van der Waals surface area contributed by atoms with Gasteiger partial charge in [-0.3, -0.25) is 4.99 Å². The number of nitrogens with two attached hydrogens (primary N) is 1. The summed E-state index contributed by atoms with van der Waals surface area (Å²) in [5, 5.41) is 3.86. The van der Waals surface area contributed by atoms with Crippen molar-refractivity contribution in [2.45, 2.75) is 26.2 Å². The predicted octanol–water partition coefficient (Wildman–Crippen LogP) is 3.20. The van der Waals surface area contributed by atoms with E-state index < -0.39 is 0 Å². The fourth-order valence-corrected chi connectivity index (χ4v) is 1.65. The molecule has 1 aromatic carbocycles. The van der Waals surface area contributed by atoms with Gasteiger partial charge in [0.15, 0.2) is 5.96 Å². The summed E-state index contributed by atoms with van der Waals surface area (Å²) in [6, 6.07) is 7.85. The van der Waals surface area contributed by atoms with Gasteiger partial charge >= 0.3 is 0 Å². The van der Waals surface area contributed by atoms with E-state index in [-0.39, 0.29) is 24.0 Å². The number of unbranched alkanes of at least 4 members (excludes halogenated alkanes) is 1. The summed E-state index contributed by atoms with van der Waals surface area (Å²) in [7, 11) is 0. The minimum atomic E-state index is 0. The maximum atomic E-state index is 5.90. The number of halogens is 2. The van der Waals surface area contributed by atoms with Gasteiger partial charge in [-0.05, 0) is 30.5 Å². The SMILES string of the molecule is CCCCN=C(N)NCCc1cccc(Cl)c1.I. The van der Waals surface area contributed by atoms with E-state index in [0.717, 1.165) is 37.4 Å². The molecule has 3 N–H and O–H groups in total. The van der Waals surface area contributed by atoms with Gasteiger partial charge < -0.3 is 11.1 Å². The van der Waals surface area contributed by atoms with Gasteiger partial charge in [0.25, 0.3) is 0 Å². The van der Waals surface area contributed by atoms with Crippen molar-refractivity contribution in [1.29, 1.82) is 0 Å². The molecule has 0 spiro atoms. The molecule has 0 radical (unpaired) electrons. The molecule has 5 heteroatoms. The second-order valence-electron chi connectivity index (χ2n) is 3.93. The minimum Gasteiger partial charge on any atom is -0.370 e. The van der Waals surface area contributed by atoms with Crippen molar-refractivity contribution >= 4 is 41.5 Å². The second kappa shape index (κ2) is 10.4. The average Bonchev–Trinajstić information content (AvgIpc) is 2.29. The van der Waals surface area contributed by atoms with Crippen molar-refractivity contribution in [3.8, 4) is 0 Å². The van der Waals surface area contributed by atoms with Crippen molar-refractivity contribution in [3.63, 3.8) is 0 Å². The quantitative estimate of drug-likeness (QED) is 0.344. The Morgan fingerprint density at radius 2 is 2.22 bits per heavy atom. The standard InChI is InChI=1S/C13H20ClN3.HI/c1-2-3-8-16-13(15)17-9-7-11-5-4-6-12(14)10-11;/h4-6,10H,2-3,7-9H2,1H3,(H3,15,16,17);1H. The van der Waals surface area contributed by atoms with Gasteiger partial charge in [0.1, 0.15) is 0 Å². The first-order valence-corrected chi connectivity index (χ1v) is 6.38. The molecule has 18 heavy (non-hydrogen) atoms. The van der Waals surface area contributed by atoms with Crippen LogP contribution in [0.3, 0.4) is 0 Å². The number of hydrogen-bond acceptors (Lipinski definition) is 1. The summed E-state index contributed by atoms with van der Waals surface area (Å²) in [5.41, 5.74) is 6.92. The Morgan fingerprint density at radius 3 is 2.89 bits per heavy atom. The lowest BCUT2D eigenvalue weighted by Gasteiger charge is -2.05. The normalized spacial score (nSPS) is 10.9. The van der Waals surface area contributed by atoms with Crippen LogP contribution in [0.5, 0.6) is 0 Å². The van der Waals surface area contributed by atoms with E-state index >= 15 is 0 Å². The monoisotopic (exact) mass is 381 g/mol. The topological polar surface area (TPSA) is 50.4 Å². The van der Waals surface area contributed by atoms with Crippen LogP contribution in [0.4, 0.5) is 0 Å². The molecule has 3 nitrogen and oxygen atoms in total. The Morgan fingerprint density at radius 1 is 1.44 bits per heavy atom. The lowest BCUT2D eigenvalue weighted by atomic mass is 10.1. The lowest BCUT2D eigenvalue weighted by molar-refractivity contribution is 0.791. The number of nitrogens with zero attached hydrogens (tertiary/aromatic N) is 1. The Bertz CT molecular complexity index is 369. The summed E-state index contributed by atoms with van der Waals surface area (Å²) < 4.78 is 0. The summed E-state index contributed by atoms with van der Waals surface area (Å²) in [5.74, 6) is 0.528. The van der Waals surface area contributed by atoms with E-state index in [4.69, 9.17) is 17.3 Å². The highest BCUT2D eigenvalue weighted by Crippen LogP contribution is 2.10. The van der Waals surface area contributed by atoms with Crippen LogP contribution in [0.25, 0.3) is 0 Å². The van der Waals surface area contributed by atoms with Crippen LogP contribution < -0.4 is 11.1 Å². The molecule has 0 atom stereocenters. The van der Waals surface area contributed by atoms with E-state index in [1.807, 2.05) is 18.2 Å². The molecule has 0 saturated carbocycles. The smallest absolute Gasteiger partial charge is 0.188 e. The number of benzene rings is 1. The zero-order valence-electron chi connectivity index (χ0n) is 10.7. The summed E-state index contributed by atoms with van der Waals surface area (Å²) in [6.07, 6.45) is 3.11. The zero-order valence-corrected chi connectivity index (χ0v) is 13.7. The van der Waals surface area contributed by atoms with Crippen LogP contribution >= 0.6 is 35.6 Å². The highest BCUT2D eigenvalue weighted by Gasteiger charge is 1.95. The van der Waals surface area contributed by atoms with Gasteiger partial charge in [-0.1, -0.05) is 37.1 Å². The Hall–Kier alpha value is -0.490. The Balaban J connectivity index is 0.00000289. The van der Waals surface area contributed by atoms with Crippen molar-refractivity contribution in [2.75, 3.05) is 13.1 Å². The third-order valence-electron chi connectivity index (χ3n) is 2.40. The summed E-state index contributed by atoms with van der Waals surface area (Å²) in [6.45, 7) is 3.71. The van der Waals surface area contributed by atoms with Gasteiger partial charge in [-0.25, -0.2) is 0 Å². The van der Waals surface area contributed by atoms with Gasteiger partial charge in [0.2, 0.25) is 0 Å². The van der Waals surface area contributed by atoms with Crippen LogP contribution in [0.2, 0.25) is 5.02 Å². The van der Waals surface area contributed by atoms with E-state index in [1.54, 1.807) is 0 Å². The van der Waals surface area contributed by atoms with Crippen molar-refractivity contribution in [3.05, 3.63) is 34.9 Å². The molecule has 0 aromatic heterocycles. The molecule has 1 aromatic rings. The van der Waals surface area contributed by atoms with E-state index in [1.165, 1.54) is 5.56 Å². The first-order chi connectivity index (χ1) is 8.22. The predicted molar refractivity (Wildman–Crippen MR) is 90.0 cm³/mol. The number of aliphatic imine (C=N–C) groups is 1. The maximum Gasteiger partial charge on any atom is 0.188 e. The average molecular weight is 382 g/mol. The highest BCUT2D eigenvalue weighted by molar-refractivity contribution is 14.0. The van der Waals surface area contributed by atoms with E-state index in [0.29, 0.717) is 5.96 Å². The summed E-state index contributed by atoms with van der Waals surface area (Å²) >= 11 is 5.90. The van der Waals surface area contributed by atoms with Gasteiger partial charge in [-0.15, -0.1) is 24.0 Å². The first-order valence-electron chi connectivity index (χ1n) is 6.00. The first kappa shape index (κ1) is 17.5. The molecule has 0 unspecified atom stereocenters. The van der Waals surface area contributed by atoms with E-state index in [9.17, 15) is 0 Å². The molecule has 0 amide bonds. The Labute approximate surface area is 131 Å². The van der Waals surface area contributed by atoms with Crippen LogP contribution in [-0.4, -0.2) is 19.0 Å². The number of nitrogens with one attached hydrogen (secondary N) is 1. The van der Waals surface area contributed by atoms with Gasteiger partial charge in [-0.2, -0.15) is 0 Å². The van der Waals surface area contributed by atoms with Crippen LogP contribution in [0.1, 0.15) is 25.3 Å². The number of rotatable bonds is 6. The van der Waals surface area contributed by atoms with Crippen molar-refractivity contribution < 1.29 is 0 Å². The molecule has 0 fully saturated rings. The Kier molecular flexibility index (Phi) is 10.2. The molecule has 102 valence electrons. The van der Waals surface area contributed by atoms with Crippen molar-refractivity contribution in [2.24, 2.45) is 10.7 Å². The van der Waals surface area contributed by atoms with Gasteiger partial charge in [0, 0.05) is 18.1 Å². The fraction of sp³-hybridized carbons (Fsp3) is 0.462. The van der Waals surface area contributed by atoms with Crippen LogP contribution in [-0.2, 0) is 6.42 Å². The lowest BCUT2D eigenvalue weighted by Crippen LogP contribution is -2.33. The summed E-state index contributed by atoms with van der Waals surface area (Å²) in [4.78, 5) is 4.22. The minimum absolute atomic E-state index is 0. The van der Waals surface area contributed by atoms with Crippen LogP contribution in [0.15, 0.2) is 29.3 Å². The fourth-order valence-electron chi connectivity index (χ4n) is 1.44. The van der Waals surface area contributed by atoms with Crippen molar-refractivity contribution in [1.82, 2.24) is 5.32 Å². The van der Waals surface area contributed by atoms with E-state index in [2.05, 4.69) is 23.3 Å². The maximum absolute atomic E-state index is 5.90. The molecule has 0 aliphatic carbocycles. The molecule has 1 rings (SSSR count). The third kappa shape index (κ3) is 7.76. The third-order valence-corrected chi connectivity index (χ3v) is 2.64. The molecule has 0 saturated heterocycles. The van der Waals surface area contributed by atoms with Crippen LogP contribution in [0, 0.1) is 0 Å². The molecule has 0 bridgehead atoms. The number of guanidine groups is 1.